The highest BCUT2D eigenvalue weighted by Crippen LogP contribution is 2.26. The number of amides is 1. The van der Waals surface area contributed by atoms with E-state index >= 15 is 0 Å². The van der Waals surface area contributed by atoms with E-state index in [9.17, 15) is 13.2 Å². The minimum Gasteiger partial charge on any atom is -0.497 e. The zero-order valence-corrected chi connectivity index (χ0v) is 18.9. The van der Waals surface area contributed by atoms with Gasteiger partial charge in [-0.05, 0) is 61.7 Å². The van der Waals surface area contributed by atoms with Gasteiger partial charge in [-0.3, -0.25) is 4.79 Å². The predicted molar refractivity (Wildman–Crippen MR) is 120 cm³/mol. The number of anilines is 1. The Morgan fingerprint density at radius 1 is 0.903 bits per heavy atom. The summed E-state index contributed by atoms with van der Waals surface area (Å²) in [7, 11) is -1.92. The Hall–Kier alpha value is -2.58. The number of benzene rings is 2. The highest BCUT2D eigenvalue weighted by molar-refractivity contribution is 7.89. The average Bonchev–Trinajstić information content (AvgIpc) is 3.35. The first-order chi connectivity index (χ1) is 14.9. The standard InChI is InChI=1S/C23H29N3O4S/c1-18-5-6-19(17-22(18)31(28,29)26-11-3-4-12-26)23(27)25-15-13-24(14-16-25)20-7-9-21(30-2)10-8-20/h5-10,17H,3-4,11-16H2,1-2H3. The van der Waals surface area contributed by atoms with Gasteiger partial charge in [0.2, 0.25) is 10.0 Å². The van der Waals surface area contributed by atoms with Crippen molar-refractivity contribution < 1.29 is 17.9 Å². The Balaban J connectivity index is 1.46. The molecular formula is C23H29N3O4S. The van der Waals surface area contributed by atoms with Crippen LogP contribution < -0.4 is 9.64 Å². The fourth-order valence-electron chi connectivity index (χ4n) is 4.22. The van der Waals surface area contributed by atoms with Crippen molar-refractivity contribution in [2.45, 2.75) is 24.7 Å². The summed E-state index contributed by atoms with van der Waals surface area (Å²) in [6.07, 6.45) is 1.77. The van der Waals surface area contributed by atoms with Gasteiger partial charge in [-0.2, -0.15) is 4.31 Å². The molecule has 2 aliphatic heterocycles. The zero-order chi connectivity index (χ0) is 22.0. The quantitative estimate of drug-likeness (QED) is 0.711. The van der Waals surface area contributed by atoms with Crippen LogP contribution in [0.1, 0.15) is 28.8 Å². The van der Waals surface area contributed by atoms with E-state index in [1.807, 2.05) is 24.3 Å². The zero-order valence-electron chi connectivity index (χ0n) is 18.1. The van der Waals surface area contributed by atoms with Crippen LogP contribution in [0.25, 0.3) is 0 Å². The van der Waals surface area contributed by atoms with Crippen molar-refractivity contribution in [1.82, 2.24) is 9.21 Å². The van der Waals surface area contributed by atoms with Crippen molar-refractivity contribution >= 4 is 21.6 Å². The third-order valence-electron chi connectivity index (χ3n) is 6.12. The molecule has 8 heteroatoms. The largest absolute Gasteiger partial charge is 0.497 e. The molecule has 0 aliphatic carbocycles. The Morgan fingerprint density at radius 3 is 2.16 bits per heavy atom. The van der Waals surface area contributed by atoms with Crippen LogP contribution in [0.4, 0.5) is 5.69 Å². The highest BCUT2D eigenvalue weighted by atomic mass is 32.2. The normalized spacial score (nSPS) is 17.7. The molecule has 4 rings (SSSR count). The van der Waals surface area contributed by atoms with Gasteiger partial charge in [-0.1, -0.05) is 6.07 Å². The molecule has 7 nitrogen and oxygen atoms in total. The topological polar surface area (TPSA) is 70.2 Å². The number of methoxy groups -OCH3 is 1. The summed E-state index contributed by atoms with van der Waals surface area (Å²) in [6, 6.07) is 12.9. The number of nitrogens with zero attached hydrogens (tertiary/aromatic N) is 3. The van der Waals surface area contributed by atoms with E-state index < -0.39 is 10.0 Å². The Morgan fingerprint density at radius 2 is 1.55 bits per heavy atom. The molecule has 2 aromatic carbocycles. The number of sulfonamides is 1. The summed E-state index contributed by atoms with van der Waals surface area (Å²) < 4.78 is 32.8. The van der Waals surface area contributed by atoms with Crippen LogP contribution in [0.5, 0.6) is 5.75 Å². The summed E-state index contributed by atoms with van der Waals surface area (Å²) >= 11 is 0. The van der Waals surface area contributed by atoms with Crippen LogP contribution in [-0.2, 0) is 10.0 Å². The summed E-state index contributed by atoms with van der Waals surface area (Å²) in [5, 5.41) is 0. The lowest BCUT2D eigenvalue weighted by Crippen LogP contribution is -2.48. The number of rotatable bonds is 5. The SMILES string of the molecule is COc1ccc(N2CCN(C(=O)c3ccc(C)c(S(=O)(=O)N4CCCC4)c3)CC2)cc1. The number of aryl methyl sites for hydroxylation is 1. The minimum absolute atomic E-state index is 0.118. The lowest BCUT2D eigenvalue weighted by molar-refractivity contribution is 0.0746. The molecule has 166 valence electrons. The van der Waals surface area contributed by atoms with E-state index in [2.05, 4.69) is 4.90 Å². The van der Waals surface area contributed by atoms with Gasteiger partial charge >= 0.3 is 0 Å². The van der Waals surface area contributed by atoms with Crippen LogP contribution in [0.3, 0.4) is 0 Å². The van der Waals surface area contributed by atoms with Gasteiger partial charge in [0.1, 0.15) is 5.75 Å². The van der Waals surface area contributed by atoms with Crippen molar-refractivity contribution in [2.75, 3.05) is 51.3 Å². The predicted octanol–water partition coefficient (Wildman–Crippen LogP) is 2.75. The van der Waals surface area contributed by atoms with E-state index in [4.69, 9.17) is 4.74 Å². The second-order valence-electron chi connectivity index (χ2n) is 8.07. The molecule has 0 spiro atoms. The van der Waals surface area contributed by atoms with Gasteiger partial charge in [0.05, 0.1) is 12.0 Å². The average molecular weight is 444 g/mol. The fraction of sp³-hybridized carbons (Fsp3) is 0.435. The molecule has 2 saturated heterocycles. The number of piperazine rings is 1. The fourth-order valence-corrected chi connectivity index (χ4v) is 5.99. The number of hydrogen-bond acceptors (Lipinski definition) is 5. The Kier molecular flexibility index (Phi) is 6.20. The van der Waals surface area contributed by atoms with Gasteiger partial charge in [0, 0.05) is 50.5 Å². The molecule has 0 bridgehead atoms. The lowest BCUT2D eigenvalue weighted by Gasteiger charge is -2.36. The van der Waals surface area contributed by atoms with E-state index in [1.54, 1.807) is 37.1 Å². The molecule has 1 amide bonds. The number of carbonyl (C=O) groups is 1. The van der Waals surface area contributed by atoms with Crippen LogP contribution in [0.2, 0.25) is 0 Å². The van der Waals surface area contributed by atoms with Crippen LogP contribution in [0, 0.1) is 6.92 Å². The molecule has 0 atom stereocenters. The number of hydrogen-bond donors (Lipinski definition) is 0. The third kappa shape index (κ3) is 4.41. The monoisotopic (exact) mass is 443 g/mol. The van der Waals surface area contributed by atoms with Crippen LogP contribution in [0.15, 0.2) is 47.4 Å². The molecule has 0 unspecified atom stereocenters. The molecule has 0 N–H and O–H groups in total. The number of carbonyl (C=O) groups excluding carboxylic acids is 1. The smallest absolute Gasteiger partial charge is 0.254 e. The van der Waals surface area contributed by atoms with E-state index in [1.165, 1.54) is 4.31 Å². The van der Waals surface area contributed by atoms with Crippen molar-refractivity contribution in [3.63, 3.8) is 0 Å². The molecule has 0 radical (unpaired) electrons. The van der Waals surface area contributed by atoms with Gasteiger partial charge in [-0.25, -0.2) is 8.42 Å². The van der Waals surface area contributed by atoms with Gasteiger partial charge < -0.3 is 14.5 Å². The lowest BCUT2D eigenvalue weighted by atomic mass is 10.1. The van der Waals surface area contributed by atoms with E-state index in [0.717, 1.165) is 37.4 Å². The molecule has 0 aromatic heterocycles. The molecule has 31 heavy (non-hydrogen) atoms. The summed E-state index contributed by atoms with van der Waals surface area (Å²) in [5.74, 6) is 0.698. The molecule has 2 aromatic rings. The van der Waals surface area contributed by atoms with Gasteiger partial charge in [-0.15, -0.1) is 0 Å². The third-order valence-corrected chi connectivity index (χ3v) is 8.16. The summed E-state index contributed by atoms with van der Waals surface area (Å²) in [5.41, 5.74) is 2.20. The molecule has 0 saturated carbocycles. The van der Waals surface area contributed by atoms with Crippen molar-refractivity contribution in [1.29, 1.82) is 0 Å². The molecular weight excluding hydrogens is 414 g/mol. The highest BCUT2D eigenvalue weighted by Gasteiger charge is 2.30. The van der Waals surface area contributed by atoms with Crippen LogP contribution >= 0.6 is 0 Å². The minimum atomic E-state index is -3.56. The Bertz CT molecular complexity index is 1040. The van der Waals surface area contributed by atoms with Crippen molar-refractivity contribution in [2.24, 2.45) is 0 Å². The van der Waals surface area contributed by atoms with E-state index in [0.29, 0.717) is 37.3 Å². The maximum atomic E-state index is 13.1. The maximum Gasteiger partial charge on any atom is 0.254 e. The molecule has 2 fully saturated rings. The summed E-state index contributed by atoms with van der Waals surface area (Å²) in [6.45, 7) is 5.51. The van der Waals surface area contributed by atoms with Gasteiger partial charge in [0.25, 0.3) is 5.91 Å². The van der Waals surface area contributed by atoms with Gasteiger partial charge in [0.15, 0.2) is 0 Å². The molecule has 2 heterocycles. The van der Waals surface area contributed by atoms with Crippen molar-refractivity contribution in [3.8, 4) is 5.75 Å². The second-order valence-corrected chi connectivity index (χ2v) is 9.98. The molecule has 2 aliphatic rings. The number of ether oxygens (including phenoxy) is 1. The first kappa shape index (κ1) is 21.6. The van der Waals surface area contributed by atoms with Crippen molar-refractivity contribution in [3.05, 3.63) is 53.6 Å². The van der Waals surface area contributed by atoms with Crippen LogP contribution in [-0.4, -0.2) is 69.9 Å². The summed E-state index contributed by atoms with van der Waals surface area (Å²) in [4.78, 5) is 17.4. The maximum absolute atomic E-state index is 13.1. The van der Waals surface area contributed by atoms with E-state index in [-0.39, 0.29) is 10.8 Å². The Labute approximate surface area is 184 Å². The first-order valence-corrected chi connectivity index (χ1v) is 12.1. The second kappa shape index (κ2) is 8.88. The first-order valence-electron chi connectivity index (χ1n) is 10.7.